The summed E-state index contributed by atoms with van der Waals surface area (Å²) >= 11 is 1.47. The molecule has 2 aliphatic rings. The maximum atomic E-state index is 15.2. The fraction of sp³-hybridized carbons (Fsp3) is 0.389. The van der Waals surface area contributed by atoms with Crippen LogP contribution in [0.5, 0.6) is 5.75 Å². The van der Waals surface area contributed by atoms with Crippen LogP contribution >= 0.6 is 11.8 Å². The fourth-order valence-corrected chi connectivity index (χ4v) is 7.04. The average molecular weight is 677 g/mol. The number of thioether (sulfide) groups is 1. The molecule has 2 aliphatic heterocycles. The molecule has 0 aliphatic carbocycles. The van der Waals surface area contributed by atoms with Gasteiger partial charge in [0.05, 0.1) is 18.8 Å². The van der Waals surface area contributed by atoms with Gasteiger partial charge < -0.3 is 25.0 Å². The van der Waals surface area contributed by atoms with Gasteiger partial charge >= 0.3 is 5.97 Å². The minimum Gasteiger partial charge on any atom is -0.489 e. The third kappa shape index (κ3) is 8.26. The van der Waals surface area contributed by atoms with Crippen LogP contribution in [0.3, 0.4) is 0 Å². The number of nitrogens with zero attached hydrogens (tertiary/aromatic N) is 3. The van der Waals surface area contributed by atoms with Crippen molar-refractivity contribution < 1.29 is 32.6 Å². The topological polar surface area (TPSA) is 107 Å². The van der Waals surface area contributed by atoms with Gasteiger partial charge in [-0.15, -0.1) is 11.8 Å². The van der Waals surface area contributed by atoms with Crippen LogP contribution in [0.4, 0.5) is 20.2 Å². The first-order valence-electron chi connectivity index (χ1n) is 15.8. The van der Waals surface area contributed by atoms with Crippen LogP contribution in [0.25, 0.3) is 4.85 Å². The molecule has 0 radical (unpaired) electrons. The second-order valence-electron chi connectivity index (χ2n) is 12.9. The lowest BCUT2D eigenvalue weighted by Crippen LogP contribution is -2.45. The van der Waals surface area contributed by atoms with E-state index in [0.717, 1.165) is 12.8 Å². The Kier molecular flexibility index (Phi) is 10.6. The van der Waals surface area contributed by atoms with E-state index in [1.165, 1.54) is 28.8 Å². The number of halogens is 2. The van der Waals surface area contributed by atoms with Crippen LogP contribution in [-0.2, 0) is 27.5 Å². The van der Waals surface area contributed by atoms with E-state index in [4.69, 9.17) is 21.8 Å². The van der Waals surface area contributed by atoms with E-state index in [9.17, 15) is 18.8 Å². The Morgan fingerprint density at radius 2 is 1.83 bits per heavy atom. The fourth-order valence-electron chi connectivity index (χ4n) is 5.92. The van der Waals surface area contributed by atoms with Crippen molar-refractivity contribution in [3.63, 3.8) is 0 Å². The van der Waals surface area contributed by atoms with Crippen LogP contribution in [0.1, 0.15) is 67.9 Å². The van der Waals surface area contributed by atoms with Gasteiger partial charge in [0.1, 0.15) is 35.6 Å². The van der Waals surface area contributed by atoms with Crippen molar-refractivity contribution in [3.05, 3.63) is 94.3 Å². The largest absolute Gasteiger partial charge is 0.489 e. The summed E-state index contributed by atoms with van der Waals surface area (Å²) in [6, 6.07) is 13.5. The number of primary amides is 1. The van der Waals surface area contributed by atoms with Crippen molar-refractivity contribution >= 4 is 40.9 Å². The van der Waals surface area contributed by atoms with Crippen LogP contribution in [0.15, 0.2) is 59.5 Å². The number of hydrogen-bond donors (Lipinski definition) is 1. The molecule has 0 saturated carbocycles. The first kappa shape index (κ1) is 34.7. The zero-order valence-corrected chi connectivity index (χ0v) is 27.9. The van der Waals surface area contributed by atoms with Gasteiger partial charge in [0.2, 0.25) is 5.91 Å². The third-order valence-corrected chi connectivity index (χ3v) is 9.62. The van der Waals surface area contributed by atoms with Crippen molar-refractivity contribution in [1.29, 1.82) is 0 Å². The number of esters is 1. The maximum Gasteiger partial charge on any atom is 0.306 e. The van der Waals surface area contributed by atoms with Crippen molar-refractivity contribution in [2.75, 3.05) is 18.0 Å². The summed E-state index contributed by atoms with van der Waals surface area (Å²) in [6.45, 7) is 13.7. The lowest BCUT2D eigenvalue weighted by atomic mass is 10.1. The van der Waals surface area contributed by atoms with Crippen molar-refractivity contribution in [1.82, 2.24) is 4.90 Å². The first-order chi connectivity index (χ1) is 22.8. The van der Waals surface area contributed by atoms with E-state index >= 15 is 4.39 Å². The van der Waals surface area contributed by atoms with E-state index in [-0.39, 0.29) is 48.7 Å². The van der Waals surface area contributed by atoms with Crippen LogP contribution in [0.2, 0.25) is 0 Å². The summed E-state index contributed by atoms with van der Waals surface area (Å²) in [5.74, 6) is -1.93. The quantitative estimate of drug-likeness (QED) is 0.176. The molecule has 0 spiro atoms. The van der Waals surface area contributed by atoms with Gasteiger partial charge in [-0.3, -0.25) is 14.4 Å². The van der Waals surface area contributed by atoms with Gasteiger partial charge in [-0.2, -0.15) is 0 Å². The number of carbonyl (C=O) groups excluding carboxylic acids is 3. The Bertz CT molecular complexity index is 1750. The normalized spacial score (nSPS) is 15.5. The Morgan fingerprint density at radius 1 is 1.08 bits per heavy atom. The molecule has 5 rings (SSSR count). The number of anilines is 1. The van der Waals surface area contributed by atoms with Crippen LogP contribution in [-0.4, -0.2) is 52.7 Å². The monoisotopic (exact) mass is 676 g/mol. The summed E-state index contributed by atoms with van der Waals surface area (Å²) in [4.78, 5) is 45.0. The number of fused-ring (bicyclic) bond motifs is 1. The first-order valence-corrected chi connectivity index (χ1v) is 16.6. The molecule has 48 heavy (non-hydrogen) atoms. The third-order valence-electron chi connectivity index (χ3n) is 8.23. The smallest absolute Gasteiger partial charge is 0.306 e. The molecular weight excluding hydrogens is 638 g/mol. The number of nitrogens with two attached hydrogens (primary N) is 1. The number of carbonyl (C=O) groups is 3. The molecule has 9 nitrogen and oxygen atoms in total. The van der Waals surface area contributed by atoms with Crippen molar-refractivity contribution in [2.45, 2.75) is 81.4 Å². The number of benzene rings is 3. The standard InChI is InChI=1S/C36H38F2N4O5S/c1-36(2,3)47-33(43)13-11-30(34(39)44)42-20-26-25(35(42)45)6-5-7-31(26)46-21-22-8-12-32(28(38)18-22)48-24-14-16-41(17-15-24)29-10-9-23(40-4)19-27(29)37/h5-10,12,18-19,24,30H,11,13-17,20-21H2,1-3H3,(H2,39,44)/t30-/m0/s1. The number of piperidine rings is 1. The van der Waals surface area contributed by atoms with Gasteiger partial charge in [-0.05, 0) is 82.0 Å². The van der Waals surface area contributed by atoms with E-state index in [1.807, 2.05) is 4.90 Å². The second-order valence-corrected chi connectivity index (χ2v) is 14.2. The molecule has 0 aromatic heterocycles. The Hall–Kier alpha value is -4.63. The van der Waals surface area contributed by atoms with E-state index < -0.39 is 29.3 Å². The van der Waals surface area contributed by atoms with Crippen molar-refractivity contribution in [3.8, 4) is 5.75 Å². The van der Waals surface area contributed by atoms with Gasteiger partial charge in [0.15, 0.2) is 5.69 Å². The summed E-state index contributed by atoms with van der Waals surface area (Å²) < 4.78 is 41.1. The summed E-state index contributed by atoms with van der Waals surface area (Å²) in [7, 11) is 0. The summed E-state index contributed by atoms with van der Waals surface area (Å²) in [5.41, 5.74) is 7.30. The van der Waals surface area contributed by atoms with E-state index in [2.05, 4.69) is 4.85 Å². The zero-order chi connectivity index (χ0) is 34.6. The highest BCUT2D eigenvalue weighted by Gasteiger charge is 2.37. The second kappa shape index (κ2) is 14.6. The molecule has 1 saturated heterocycles. The summed E-state index contributed by atoms with van der Waals surface area (Å²) in [6.07, 6.45) is 1.46. The highest BCUT2D eigenvalue weighted by atomic mass is 32.2. The SMILES string of the molecule is [C-]#[N+]c1ccc(N2CCC(Sc3ccc(COc4cccc5c4CN([C@@H](CCC(=O)OC(C)(C)C)C(N)=O)C5=O)cc3F)CC2)c(F)c1. The molecule has 0 unspecified atom stereocenters. The van der Waals surface area contributed by atoms with Gasteiger partial charge in [0.25, 0.3) is 5.91 Å². The van der Waals surface area contributed by atoms with Crippen molar-refractivity contribution in [2.24, 2.45) is 5.73 Å². The predicted octanol–water partition coefficient (Wildman–Crippen LogP) is 6.79. The minimum absolute atomic E-state index is 0.0272. The molecule has 3 aromatic rings. The van der Waals surface area contributed by atoms with Gasteiger partial charge in [-0.1, -0.05) is 18.2 Å². The van der Waals surface area contributed by atoms with E-state index in [1.54, 1.807) is 63.2 Å². The maximum absolute atomic E-state index is 15.2. The number of hydrogen-bond acceptors (Lipinski definition) is 7. The Morgan fingerprint density at radius 3 is 2.48 bits per heavy atom. The zero-order valence-electron chi connectivity index (χ0n) is 27.1. The minimum atomic E-state index is -1.00. The molecule has 0 bridgehead atoms. The molecule has 2 heterocycles. The molecule has 252 valence electrons. The average Bonchev–Trinajstić information content (AvgIpc) is 3.37. The number of rotatable bonds is 11. The van der Waals surface area contributed by atoms with E-state index in [0.29, 0.717) is 46.1 Å². The molecule has 12 heteroatoms. The lowest BCUT2D eigenvalue weighted by molar-refractivity contribution is -0.155. The van der Waals surface area contributed by atoms with Gasteiger partial charge in [0, 0.05) is 40.8 Å². The highest BCUT2D eigenvalue weighted by Crippen LogP contribution is 2.36. The molecule has 1 fully saturated rings. The number of amides is 2. The molecule has 2 amide bonds. The lowest BCUT2D eigenvalue weighted by Gasteiger charge is -2.33. The van der Waals surface area contributed by atoms with Crippen LogP contribution < -0.4 is 15.4 Å². The highest BCUT2D eigenvalue weighted by molar-refractivity contribution is 8.00. The molecular formula is C36H38F2N4O5S. The Balaban J connectivity index is 1.17. The van der Waals surface area contributed by atoms with Crippen LogP contribution in [0, 0.1) is 18.2 Å². The predicted molar refractivity (Wildman–Crippen MR) is 179 cm³/mol. The number of ether oxygens (including phenoxy) is 2. The summed E-state index contributed by atoms with van der Waals surface area (Å²) in [5, 5.41) is 0.171. The molecule has 1 atom stereocenters. The molecule has 2 N–H and O–H groups in total. The Labute approximate surface area is 283 Å². The molecule has 3 aromatic carbocycles. The van der Waals surface area contributed by atoms with Gasteiger partial charge in [-0.25, -0.2) is 13.6 Å².